The number of carbonyl (C=O) groups excluding carboxylic acids is 2. The van der Waals surface area contributed by atoms with Crippen molar-refractivity contribution in [2.24, 2.45) is 0 Å². The highest BCUT2D eigenvalue weighted by atomic mass is 35.5. The van der Waals surface area contributed by atoms with Gasteiger partial charge in [-0.2, -0.15) is 13.2 Å². The highest BCUT2D eigenvalue weighted by molar-refractivity contribution is 6.31. The van der Waals surface area contributed by atoms with Crippen LogP contribution in [0.5, 0.6) is 0 Å². The molecule has 1 aliphatic rings. The van der Waals surface area contributed by atoms with E-state index in [0.717, 1.165) is 11.0 Å². The number of amides is 2. The van der Waals surface area contributed by atoms with E-state index >= 15 is 0 Å². The molecule has 1 atom stereocenters. The number of likely N-dealkylation sites (N-methyl/N-ethyl adjacent to an activating group) is 1. The molecule has 0 aromatic heterocycles. The summed E-state index contributed by atoms with van der Waals surface area (Å²) in [6.45, 7) is -0.348. The number of alkyl halides is 3. The number of halogens is 4. The molecule has 0 bridgehead atoms. The first-order valence-electron chi connectivity index (χ1n) is 7.71. The fraction of sp³-hybridized carbons (Fsp3) is 0.222. The fourth-order valence-electron chi connectivity index (χ4n) is 3.10. The molecule has 0 radical (unpaired) electrons. The number of carbonyl (C=O) groups is 2. The van der Waals surface area contributed by atoms with Crippen molar-refractivity contribution in [2.45, 2.75) is 18.8 Å². The van der Waals surface area contributed by atoms with E-state index in [2.05, 4.69) is 5.32 Å². The van der Waals surface area contributed by atoms with Crippen LogP contribution >= 0.6 is 11.6 Å². The molecule has 1 heterocycles. The fourth-order valence-corrected chi connectivity index (χ4v) is 3.28. The van der Waals surface area contributed by atoms with Crippen molar-refractivity contribution < 1.29 is 22.8 Å². The molecule has 3 rings (SSSR count). The average molecular weight is 383 g/mol. The molecule has 0 fully saturated rings. The van der Waals surface area contributed by atoms with Crippen LogP contribution in [0.25, 0.3) is 0 Å². The summed E-state index contributed by atoms with van der Waals surface area (Å²) in [5, 5.41) is 2.79. The second-order valence-electron chi connectivity index (χ2n) is 5.84. The van der Waals surface area contributed by atoms with Crippen LogP contribution in [0.2, 0.25) is 5.02 Å². The summed E-state index contributed by atoms with van der Waals surface area (Å²) in [7, 11) is 1.40. The quantitative estimate of drug-likeness (QED) is 0.877. The van der Waals surface area contributed by atoms with Crippen LogP contribution in [0.3, 0.4) is 0 Å². The molecular formula is C18H14ClF3N2O2. The summed E-state index contributed by atoms with van der Waals surface area (Å²) in [6, 6.07) is 8.43. The van der Waals surface area contributed by atoms with E-state index in [1.807, 2.05) is 0 Å². The molecule has 2 aromatic carbocycles. The molecule has 0 spiro atoms. The summed E-state index contributed by atoms with van der Waals surface area (Å²) in [5.41, 5.74) is -0.280. The zero-order chi connectivity index (χ0) is 19.1. The van der Waals surface area contributed by atoms with Crippen molar-refractivity contribution in [2.75, 3.05) is 7.05 Å². The van der Waals surface area contributed by atoms with Crippen molar-refractivity contribution >= 4 is 23.4 Å². The van der Waals surface area contributed by atoms with Crippen molar-refractivity contribution in [3.8, 4) is 0 Å². The first kappa shape index (κ1) is 18.3. The van der Waals surface area contributed by atoms with E-state index in [1.165, 1.54) is 43.4 Å². The van der Waals surface area contributed by atoms with Crippen LogP contribution in [-0.2, 0) is 17.5 Å². The van der Waals surface area contributed by atoms with E-state index in [4.69, 9.17) is 11.6 Å². The Morgan fingerprint density at radius 2 is 1.92 bits per heavy atom. The molecule has 136 valence electrons. The Balaban J connectivity index is 2.05. The second kappa shape index (κ2) is 6.64. The van der Waals surface area contributed by atoms with Gasteiger partial charge in [0.1, 0.15) is 6.04 Å². The molecule has 4 nitrogen and oxygen atoms in total. The third kappa shape index (κ3) is 3.14. The Labute approximate surface area is 152 Å². The average Bonchev–Trinajstić information content (AvgIpc) is 2.85. The summed E-state index contributed by atoms with van der Waals surface area (Å²) in [5.74, 6) is -1.01. The van der Waals surface area contributed by atoms with Crippen LogP contribution in [0, 0.1) is 0 Å². The number of hydrogen-bond donors (Lipinski definition) is 1. The van der Waals surface area contributed by atoms with Crippen LogP contribution in [-0.4, -0.2) is 23.8 Å². The molecule has 1 unspecified atom stereocenters. The summed E-state index contributed by atoms with van der Waals surface area (Å²) < 4.78 is 39.8. The number of hydrogen-bond acceptors (Lipinski definition) is 2. The molecule has 0 saturated heterocycles. The maximum Gasteiger partial charge on any atom is 0.416 e. The number of rotatable bonds is 3. The van der Waals surface area contributed by atoms with Crippen molar-refractivity contribution in [3.05, 3.63) is 69.7 Å². The number of nitrogens with one attached hydrogen (secondary N) is 1. The highest BCUT2D eigenvalue weighted by Gasteiger charge is 2.42. The first-order chi connectivity index (χ1) is 12.2. The molecule has 8 heteroatoms. The molecule has 0 saturated carbocycles. The molecular weight excluding hydrogens is 369 g/mol. The normalized spacial score (nSPS) is 16.6. The Morgan fingerprint density at radius 3 is 2.58 bits per heavy atom. The third-order valence-corrected chi connectivity index (χ3v) is 4.50. The largest absolute Gasteiger partial charge is 0.416 e. The Hall–Kier alpha value is -2.54. The SMILES string of the molecule is CNC(=O)C1c2cc(Cl)ccc2C(=O)N1Cc1ccccc1C(F)(F)F. The van der Waals surface area contributed by atoms with Gasteiger partial charge in [0.05, 0.1) is 5.56 Å². The van der Waals surface area contributed by atoms with Gasteiger partial charge >= 0.3 is 6.18 Å². The summed E-state index contributed by atoms with van der Waals surface area (Å²) >= 11 is 5.97. The summed E-state index contributed by atoms with van der Waals surface area (Å²) in [6.07, 6.45) is -4.56. The van der Waals surface area contributed by atoms with Crippen LogP contribution in [0.1, 0.15) is 33.1 Å². The lowest BCUT2D eigenvalue weighted by molar-refractivity contribution is -0.138. The van der Waals surface area contributed by atoms with Gasteiger partial charge in [0, 0.05) is 24.2 Å². The lowest BCUT2D eigenvalue weighted by Gasteiger charge is -2.25. The molecule has 1 aliphatic heterocycles. The van der Waals surface area contributed by atoms with E-state index in [0.29, 0.717) is 10.6 Å². The number of nitrogens with zero attached hydrogens (tertiary/aromatic N) is 1. The second-order valence-corrected chi connectivity index (χ2v) is 6.27. The lowest BCUT2D eigenvalue weighted by atomic mass is 10.0. The minimum atomic E-state index is -4.56. The maximum absolute atomic E-state index is 13.3. The van der Waals surface area contributed by atoms with Crippen LogP contribution in [0.15, 0.2) is 42.5 Å². The topological polar surface area (TPSA) is 49.4 Å². The van der Waals surface area contributed by atoms with E-state index in [1.54, 1.807) is 0 Å². The summed E-state index contributed by atoms with van der Waals surface area (Å²) in [4.78, 5) is 26.2. The predicted octanol–water partition coefficient (Wildman–Crippen LogP) is 3.80. The zero-order valence-electron chi connectivity index (χ0n) is 13.6. The van der Waals surface area contributed by atoms with Gasteiger partial charge in [-0.3, -0.25) is 9.59 Å². The number of benzene rings is 2. The van der Waals surface area contributed by atoms with Gasteiger partial charge in [0.2, 0.25) is 5.91 Å². The standard InChI is InChI=1S/C18H14ClF3N2O2/c1-23-16(25)15-13-8-11(19)6-7-12(13)17(26)24(15)9-10-4-2-3-5-14(10)18(20,21)22/h2-8,15H,9H2,1H3,(H,23,25). The number of fused-ring (bicyclic) bond motifs is 1. The molecule has 2 aromatic rings. The minimum Gasteiger partial charge on any atom is -0.357 e. The van der Waals surface area contributed by atoms with Gasteiger partial charge in [-0.1, -0.05) is 29.8 Å². The third-order valence-electron chi connectivity index (χ3n) is 4.27. The maximum atomic E-state index is 13.3. The van der Waals surface area contributed by atoms with Gasteiger partial charge in [0.25, 0.3) is 5.91 Å². The van der Waals surface area contributed by atoms with Crippen LogP contribution in [0.4, 0.5) is 13.2 Å². The van der Waals surface area contributed by atoms with Crippen LogP contribution < -0.4 is 5.32 Å². The Morgan fingerprint density at radius 1 is 1.23 bits per heavy atom. The van der Waals surface area contributed by atoms with Crippen molar-refractivity contribution in [1.82, 2.24) is 10.2 Å². The molecule has 0 aliphatic carbocycles. The first-order valence-corrected chi connectivity index (χ1v) is 8.09. The Kier molecular flexibility index (Phi) is 4.66. The zero-order valence-corrected chi connectivity index (χ0v) is 14.4. The Bertz CT molecular complexity index is 883. The lowest BCUT2D eigenvalue weighted by Crippen LogP contribution is -2.37. The van der Waals surface area contributed by atoms with Gasteiger partial charge in [-0.05, 0) is 35.4 Å². The molecule has 26 heavy (non-hydrogen) atoms. The van der Waals surface area contributed by atoms with E-state index in [-0.39, 0.29) is 17.7 Å². The van der Waals surface area contributed by atoms with Crippen molar-refractivity contribution in [3.63, 3.8) is 0 Å². The van der Waals surface area contributed by atoms with E-state index in [9.17, 15) is 22.8 Å². The van der Waals surface area contributed by atoms with Gasteiger partial charge < -0.3 is 10.2 Å². The van der Waals surface area contributed by atoms with Gasteiger partial charge in [0.15, 0.2) is 0 Å². The minimum absolute atomic E-state index is 0.0823. The monoisotopic (exact) mass is 382 g/mol. The van der Waals surface area contributed by atoms with E-state index < -0.39 is 29.6 Å². The van der Waals surface area contributed by atoms with Gasteiger partial charge in [-0.15, -0.1) is 0 Å². The smallest absolute Gasteiger partial charge is 0.357 e. The highest BCUT2D eigenvalue weighted by Crippen LogP contribution is 2.38. The molecule has 1 N–H and O–H groups in total. The predicted molar refractivity (Wildman–Crippen MR) is 89.6 cm³/mol. The molecule has 2 amide bonds. The van der Waals surface area contributed by atoms with Crippen molar-refractivity contribution in [1.29, 1.82) is 0 Å². The van der Waals surface area contributed by atoms with Gasteiger partial charge in [-0.25, -0.2) is 0 Å².